The summed E-state index contributed by atoms with van der Waals surface area (Å²) >= 11 is 0. The van der Waals surface area contributed by atoms with E-state index in [0.717, 1.165) is 51.4 Å². The fourth-order valence-corrected chi connectivity index (χ4v) is 12.4. The Bertz CT molecular complexity index is 1320. The van der Waals surface area contributed by atoms with Crippen molar-refractivity contribution in [3.05, 3.63) is 24.3 Å². The molecule has 0 heterocycles. The summed E-state index contributed by atoms with van der Waals surface area (Å²) in [5.74, 6) is -0.0156. The predicted octanol–water partition coefficient (Wildman–Crippen LogP) is 25.3. The van der Waals surface area contributed by atoms with Crippen molar-refractivity contribution in [2.24, 2.45) is 0 Å². The Kier molecular flexibility index (Phi) is 72.3. The summed E-state index contributed by atoms with van der Waals surface area (Å²) in [4.78, 5) is 24.6. The molecule has 0 fully saturated rings. The average Bonchev–Trinajstić information content (AvgIpc) is 3.51. The summed E-state index contributed by atoms with van der Waals surface area (Å²) in [6.45, 7) is 4.97. The van der Waals surface area contributed by atoms with Gasteiger partial charge in [-0.15, -0.1) is 0 Å². The molecule has 6 heteroatoms. The van der Waals surface area contributed by atoms with Crippen LogP contribution in [0.4, 0.5) is 0 Å². The topological polar surface area (TPSA) is 95.9 Å². The Morgan fingerprint density at radius 2 is 0.595 bits per heavy atom. The SMILES string of the molecule is CCCCCC/C=C\C/C=C\CCCCCCCC(=O)OCCCCCCCCCCCCCCCCCCCCCCCCCCCCCCCCCCCCCCCC(=O)NC(CO)C(O)CCCCCCCCCCCCCCCC. The van der Waals surface area contributed by atoms with E-state index < -0.39 is 12.1 Å². The number of allylic oxidation sites excluding steroid dienone is 4. The molecule has 0 radical (unpaired) electrons. The number of aliphatic hydroxyl groups excluding tert-OH is 2. The van der Waals surface area contributed by atoms with Crippen molar-refractivity contribution in [2.75, 3.05) is 13.2 Å². The summed E-state index contributed by atoms with van der Waals surface area (Å²) in [5.41, 5.74) is 0. The molecule has 0 aliphatic rings. The van der Waals surface area contributed by atoms with Gasteiger partial charge in [-0.25, -0.2) is 0 Å². The van der Waals surface area contributed by atoms with Crippen molar-refractivity contribution in [2.45, 2.75) is 450 Å². The standard InChI is InChI=1S/C78H151NO5/c1-3-5-7-9-11-13-15-17-19-44-48-52-56-60-64-68-72-78(83)84-73-69-65-61-57-53-49-45-42-40-38-36-34-32-30-28-26-24-22-20-21-23-25-27-29-31-33-35-37-39-41-43-47-51-55-59-63-67-71-77(82)79-75(74-80)76(81)70-66-62-58-54-50-46-18-16-14-12-10-8-6-4-2/h13,15,19,44,75-76,80-81H,3-12,14,16-18,20-43,45-74H2,1-2H3,(H,79,82)/b15-13-,44-19-. The van der Waals surface area contributed by atoms with Gasteiger partial charge in [-0.05, 0) is 57.8 Å². The lowest BCUT2D eigenvalue weighted by molar-refractivity contribution is -0.143. The number of unbranched alkanes of at least 4 members (excludes halogenated alkanes) is 58. The van der Waals surface area contributed by atoms with Crippen molar-refractivity contribution in [1.29, 1.82) is 0 Å². The second kappa shape index (κ2) is 73.8. The maximum absolute atomic E-state index is 12.5. The van der Waals surface area contributed by atoms with E-state index in [2.05, 4.69) is 43.5 Å². The first-order valence-corrected chi connectivity index (χ1v) is 38.6. The highest BCUT2D eigenvalue weighted by Crippen LogP contribution is 2.20. The van der Waals surface area contributed by atoms with Gasteiger partial charge in [0.05, 0.1) is 25.4 Å². The van der Waals surface area contributed by atoms with E-state index in [1.807, 2.05) is 0 Å². The lowest BCUT2D eigenvalue weighted by atomic mass is 10.0. The average molecular weight is 1180 g/mol. The minimum absolute atomic E-state index is 0.0106. The number of aliphatic hydroxyl groups is 2. The van der Waals surface area contributed by atoms with Gasteiger partial charge in [0.15, 0.2) is 0 Å². The van der Waals surface area contributed by atoms with Gasteiger partial charge in [0.2, 0.25) is 5.91 Å². The molecular weight excluding hydrogens is 1030 g/mol. The molecule has 0 saturated heterocycles. The number of rotatable bonds is 73. The Hall–Kier alpha value is -1.66. The van der Waals surface area contributed by atoms with Crippen LogP contribution in [0, 0.1) is 0 Å². The fraction of sp³-hybridized carbons (Fsp3) is 0.923. The first-order valence-electron chi connectivity index (χ1n) is 38.6. The fourth-order valence-electron chi connectivity index (χ4n) is 12.4. The molecule has 0 spiro atoms. The van der Waals surface area contributed by atoms with Gasteiger partial charge in [0, 0.05) is 12.8 Å². The molecule has 3 N–H and O–H groups in total. The normalized spacial score (nSPS) is 12.6. The van der Waals surface area contributed by atoms with Crippen LogP contribution in [-0.2, 0) is 14.3 Å². The molecule has 1 amide bonds. The summed E-state index contributed by atoms with van der Waals surface area (Å²) in [6, 6.07) is -0.536. The smallest absolute Gasteiger partial charge is 0.305 e. The van der Waals surface area contributed by atoms with Gasteiger partial charge >= 0.3 is 5.97 Å². The third-order valence-corrected chi connectivity index (χ3v) is 18.3. The molecule has 84 heavy (non-hydrogen) atoms. The zero-order chi connectivity index (χ0) is 60.6. The molecule has 498 valence electrons. The summed E-state index contributed by atoms with van der Waals surface area (Å²) in [7, 11) is 0. The summed E-state index contributed by atoms with van der Waals surface area (Å²) in [5, 5.41) is 23.3. The van der Waals surface area contributed by atoms with Crippen LogP contribution in [-0.4, -0.2) is 47.4 Å². The van der Waals surface area contributed by atoms with E-state index in [9.17, 15) is 19.8 Å². The van der Waals surface area contributed by atoms with Crippen molar-refractivity contribution in [3.8, 4) is 0 Å². The van der Waals surface area contributed by atoms with Gasteiger partial charge in [-0.1, -0.05) is 391 Å². The predicted molar refractivity (Wildman–Crippen MR) is 370 cm³/mol. The zero-order valence-electron chi connectivity index (χ0n) is 57.2. The number of amides is 1. The molecule has 0 aliphatic heterocycles. The molecule has 0 bridgehead atoms. The van der Waals surface area contributed by atoms with E-state index >= 15 is 0 Å². The lowest BCUT2D eigenvalue weighted by Crippen LogP contribution is -2.45. The van der Waals surface area contributed by atoms with Gasteiger partial charge < -0.3 is 20.3 Å². The molecular formula is C78H151NO5. The van der Waals surface area contributed by atoms with Crippen LogP contribution in [0.5, 0.6) is 0 Å². The first kappa shape index (κ1) is 82.3. The molecule has 6 nitrogen and oxygen atoms in total. The van der Waals surface area contributed by atoms with Crippen LogP contribution in [0.25, 0.3) is 0 Å². The maximum atomic E-state index is 12.5. The Morgan fingerprint density at radius 3 is 0.917 bits per heavy atom. The number of nitrogens with one attached hydrogen (secondary N) is 1. The largest absolute Gasteiger partial charge is 0.466 e. The Morgan fingerprint density at radius 1 is 0.333 bits per heavy atom. The van der Waals surface area contributed by atoms with E-state index in [0.29, 0.717) is 25.9 Å². The number of esters is 1. The van der Waals surface area contributed by atoms with Gasteiger partial charge in [0.1, 0.15) is 0 Å². The summed E-state index contributed by atoms with van der Waals surface area (Å²) < 4.78 is 5.50. The highest BCUT2D eigenvalue weighted by Gasteiger charge is 2.20. The number of carbonyl (C=O) groups excluding carboxylic acids is 2. The minimum Gasteiger partial charge on any atom is -0.466 e. The molecule has 2 unspecified atom stereocenters. The molecule has 0 aromatic heterocycles. The van der Waals surface area contributed by atoms with Gasteiger partial charge in [-0.3, -0.25) is 9.59 Å². The Balaban J connectivity index is 3.29. The monoisotopic (exact) mass is 1180 g/mol. The van der Waals surface area contributed by atoms with Gasteiger partial charge in [0.25, 0.3) is 0 Å². The van der Waals surface area contributed by atoms with Crippen molar-refractivity contribution in [3.63, 3.8) is 0 Å². The maximum Gasteiger partial charge on any atom is 0.305 e. The van der Waals surface area contributed by atoms with Crippen molar-refractivity contribution in [1.82, 2.24) is 5.32 Å². The lowest BCUT2D eigenvalue weighted by Gasteiger charge is -2.22. The Labute approximate surface area is 526 Å². The van der Waals surface area contributed by atoms with E-state index in [4.69, 9.17) is 4.74 Å². The van der Waals surface area contributed by atoms with E-state index in [-0.39, 0.29) is 18.5 Å². The van der Waals surface area contributed by atoms with Crippen molar-refractivity contribution < 1.29 is 24.5 Å². The molecule has 0 aromatic rings. The molecule has 2 atom stereocenters. The van der Waals surface area contributed by atoms with E-state index in [1.54, 1.807) is 0 Å². The second-order valence-corrected chi connectivity index (χ2v) is 26.7. The third-order valence-electron chi connectivity index (χ3n) is 18.3. The highest BCUT2D eigenvalue weighted by atomic mass is 16.5. The molecule has 0 aliphatic carbocycles. The number of carbonyl (C=O) groups is 2. The molecule has 0 rings (SSSR count). The van der Waals surface area contributed by atoms with Crippen LogP contribution in [0.2, 0.25) is 0 Å². The van der Waals surface area contributed by atoms with E-state index in [1.165, 1.54) is 353 Å². The summed E-state index contributed by atoms with van der Waals surface area (Å²) in [6.07, 6.45) is 94.2. The van der Waals surface area contributed by atoms with Crippen LogP contribution in [0.3, 0.4) is 0 Å². The number of ether oxygens (including phenoxy) is 1. The second-order valence-electron chi connectivity index (χ2n) is 26.7. The quantitative estimate of drug-likeness (QED) is 0.0320. The zero-order valence-corrected chi connectivity index (χ0v) is 57.2. The molecule has 0 aromatic carbocycles. The van der Waals surface area contributed by atoms with Crippen molar-refractivity contribution >= 4 is 11.9 Å². The first-order chi connectivity index (χ1) is 41.5. The van der Waals surface area contributed by atoms with Crippen LogP contribution >= 0.6 is 0 Å². The minimum atomic E-state index is -0.659. The number of hydrogen-bond acceptors (Lipinski definition) is 5. The van der Waals surface area contributed by atoms with Crippen LogP contribution in [0.1, 0.15) is 438 Å². The van der Waals surface area contributed by atoms with Crippen LogP contribution < -0.4 is 5.32 Å². The number of hydrogen-bond donors (Lipinski definition) is 3. The third kappa shape index (κ3) is 69.4. The van der Waals surface area contributed by atoms with Gasteiger partial charge in [-0.2, -0.15) is 0 Å². The molecule has 0 saturated carbocycles. The highest BCUT2D eigenvalue weighted by molar-refractivity contribution is 5.76. The van der Waals surface area contributed by atoms with Crippen LogP contribution in [0.15, 0.2) is 24.3 Å².